The number of ether oxygens (including phenoxy) is 2. The first-order chi connectivity index (χ1) is 12.5. The van der Waals surface area contributed by atoms with Gasteiger partial charge in [0.15, 0.2) is 6.61 Å². The van der Waals surface area contributed by atoms with Crippen LogP contribution in [0.4, 0.5) is 10.5 Å². The fourth-order valence-electron chi connectivity index (χ4n) is 2.00. The van der Waals surface area contributed by atoms with Crippen molar-refractivity contribution >= 4 is 29.5 Å². The van der Waals surface area contributed by atoms with Crippen LogP contribution in [0.2, 0.25) is 0 Å². The van der Waals surface area contributed by atoms with Crippen molar-refractivity contribution in [1.29, 1.82) is 0 Å². The van der Waals surface area contributed by atoms with E-state index in [2.05, 4.69) is 10.6 Å². The number of benzene rings is 1. The number of anilines is 1. The molecular formula is C17H21N3O6. The monoisotopic (exact) mass is 363 g/mol. The molecule has 0 saturated heterocycles. The number of hydrogen-bond acceptors (Lipinski definition) is 6. The minimum Gasteiger partial charge on any atom is -0.452 e. The lowest BCUT2D eigenvalue weighted by Gasteiger charge is -2.08. The van der Waals surface area contributed by atoms with Gasteiger partial charge in [0, 0.05) is 25.3 Å². The number of hydrogen-bond donors (Lipinski definition) is 3. The largest absolute Gasteiger partial charge is 0.452 e. The summed E-state index contributed by atoms with van der Waals surface area (Å²) in [7, 11) is 1.48. The fraction of sp³-hybridized carbons (Fsp3) is 0.412. The molecule has 1 aliphatic carbocycles. The molecule has 0 radical (unpaired) electrons. The van der Waals surface area contributed by atoms with E-state index >= 15 is 0 Å². The minimum absolute atomic E-state index is 0.0457. The van der Waals surface area contributed by atoms with Crippen LogP contribution in [0.15, 0.2) is 24.3 Å². The third-order valence-corrected chi connectivity index (χ3v) is 3.49. The zero-order chi connectivity index (χ0) is 18.9. The van der Waals surface area contributed by atoms with Crippen molar-refractivity contribution in [1.82, 2.24) is 10.6 Å². The lowest BCUT2D eigenvalue weighted by molar-refractivity contribution is -0.123. The molecule has 0 atom stereocenters. The lowest BCUT2D eigenvalue weighted by Crippen LogP contribution is -2.42. The summed E-state index contributed by atoms with van der Waals surface area (Å²) >= 11 is 0. The molecule has 0 aliphatic heterocycles. The first-order valence-electron chi connectivity index (χ1n) is 8.14. The first kappa shape index (κ1) is 19.4. The molecular weight excluding hydrogens is 342 g/mol. The van der Waals surface area contributed by atoms with E-state index in [1.165, 1.54) is 19.2 Å². The van der Waals surface area contributed by atoms with Crippen LogP contribution >= 0.6 is 0 Å². The van der Waals surface area contributed by atoms with Gasteiger partial charge in [-0.1, -0.05) is 6.07 Å². The molecule has 2 rings (SSSR count). The maximum Gasteiger partial charge on any atom is 0.338 e. The molecule has 9 heteroatoms. The standard InChI is InChI=1S/C17H21N3O6/c1-25-8-7-18-17(24)20-14(21)10-26-16(23)12-3-2-4-13(9-12)19-15(22)11-5-6-11/h2-4,9,11H,5-8,10H2,1H3,(H,19,22)(H2,18,20,21,24). The molecule has 1 fully saturated rings. The Kier molecular flexibility index (Phi) is 7.10. The van der Waals surface area contributed by atoms with Gasteiger partial charge in [0.25, 0.3) is 5.91 Å². The summed E-state index contributed by atoms with van der Waals surface area (Å²) in [4.78, 5) is 46.7. The van der Waals surface area contributed by atoms with Gasteiger partial charge in [-0.15, -0.1) is 0 Å². The van der Waals surface area contributed by atoms with Crippen LogP contribution in [0.5, 0.6) is 0 Å². The van der Waals surface area contributed by atoms with E-state index in [1.54, 1.807) is 12.1 Å². The zero-order valence-electron chi connectivity index (χ0n) is 14.4. The van der Waals surface area contributed by atoms with E-state index in [1.807, 2.05) is 5.32 Å². The van der Waals surface area contributed by atoms with E-state index in [-0.39, 0.29) is 23.9 Å². The quantitative estimate of drug-likeness (QED) is 0.461. The van der Waals surface area contributed by atoms with Gasteiger partial charge in [-0.2, -0.15) is 0 Å². The van der Waals surface area contributed by atoms with E-state index in [0.717, 1.165) is 12.8 Å². The number of methoxy groups -OCH3 is 1. The van der Waals surface area contributed by atoms with Crippen molar-refractivity contribution in [3.63, 3.8) is 0 Å². The van der Waals surface area contributed by atoms with Gasteiger partial charge in [-0.3, -0.25) is 14.9 Å². The van der Waals surface area contributed by atoms with E-state index < -0.39 is 24.5 Å². The van der Waals surface area contributed by atoms with Crippen molar-refractivity contribution in [3.8, 4) is 0 Å². The second-order valence-corrected chi connectivity index (χ2v) is 5.72. The summed E-state index contributed by atoms with van der Waals surface area (Å²) in [5.74, 6) is -1.52. The molecule has 0 bridgehead atoms. The van der Waals surface area contributed by atoms with Crippen molar-refractivity contribution in [2.45, 2.75) is 12.8 Å². The topological polar surface area (TPSA) is 123 Å². The Bertz CT molecular complexity index is 687. The maximum absolute atomic E-state index is 12.0. The molecule has 0 unspecified atom stereocenters. The van der Waals surface area contributed by atoms with Crippen LogP contribution in [0.3, 0.4) is 0 Å². The highest BCUT2D eigenvalue weighted by Gasteiger charge is 2.29. The Hall–Kier alpha value is -2.94. The first-order valence-corrected chi connectivity index (χ1v) is 8.14. The van der Waals surface area contributed by atoms with Gasteiger partial charge >= 0.3 is 12.0 Å². The Morgan fingerprint density at radius 1 is 1.19 bits per heavy atom. The average Bonchev–Trinajstić information content (AvgIpc) is 3.45. The Balaban J connectivity index is 1.77. The van der Waals surface area contributed by atoms with Crippen LogP contribution in [0.25, 0.3) is 0 Å². The molecule has 4 amide bonds. The summed E-state index contributed by atoms with van der Waals surface area (Å²) in [5.41, 5.74) is 0.675. The Morgan fingerprint density at radius 2 is 1.96 bits per heavy atom. The van der Waals surface area contributed by atoms with Crippen molar-refractivity contribution in [2.24, 2.45) is 5.92 Å². The van der Waals surface area contributed by atoms with Gasteiger partial charge in [-0.05, 0) is 31.0 Å². The van der Waals surface area contributed by atoms with E-state index in [0.29, 0.717) is 12.3 Å². The summed E-state index contributed by atoms with van der Waals surface area (Å²) < 4.78 is 9.62. The maximum atomic E-state index is 12.0. The Labute approximate surface area is 150 Å². The number of rotatable bonds is 8. The molecule has 1 aromatic rings. The van der Waals surface area contributed by atoms with Crippen molar-refractivity contribution in [3.05, 3.63) is 29.8 Å². The summed E-state index contributed by atoms with van der Waals surface area (Å²) in [5, 5.41) is 7.15. The predicted molar refractivity (Wildman–Crippen MR) is 91.5 cm³/mol. The third kappa shape index (κ3) is 6.52. The number of imide groups is 1. The zero-order valence-corrected chi connectivity index (χ0v) is 14.4. The normalized spacial score (nSPS) is 12.8. The third-order valence-electron chi connectivity index (χ3n) is 3.49. The van der Waals surface area contributed by atoms with Crippen molar-refractivity contribution in [2.75, 3.05) is 32.2 Å². The van der Waals surface area contributed by atoms with E-state index in [9.17, 15) is 19.2 Å². The number of nitrogens with one attached hydrogen (secondary N) is 3. The molecule has 1 aromatic carbocycles. The SMILES string of the molecule is COCCNC(=O)NC(=O)COC(=O)c1cccc(NC(=O)C2CC2)c1. The number of amides is 4. The summed E-state index contributed by atoms with van der Waals surface area (Å²) in [6.07, 6.45) is 1.75. The predicted octanol–water partition coefficient (Wildman–Crippen LogP) is 0.664. The molecule has 9 nitrogen and oxygen atoms in total. The second-order valence-electron chi connectivity index (χ2n) is 5.72. The van der Waals surface area contributed by atoms with Gasteiger partial charge in [0.2, 0.25) is 5.91 Å². The smallest absolute Gasteiger partial charge is 0.338 e. The molecule has 1 aliphatic rings. The van der Waals surface area contributed by atoms with Gasteiger partial charge in [0.1, 0.15) is 0 Å². The molecule has 1 saturated carbocycles. The second kappa shape index (κ2) is 9.52. The molecule has 3 N–H and O–H groups in total. The Morgan fingerprint density at radius 3 is 2.65 bits per heavy atom. The highest BCUT2D eigenvalue weighted by Crippen LogP contribution is 2.30. The van der Waals surface area contributed by atoms with Gasteiger partial charge < -0.3 is 20.1 Å². The molecule has 0 aromatic heterocycles. The number of esters is 1. The van der Waals surface area contributed by atoms with Crippen molar-refractivity contribution < 1.29 is 28.7 Å². The fourth-order valence-corrected chi connectivity index (χ4v) is 2.00. The summed E-state index contributed by atoms with van der Waals surface area (Å²) in [6, 6.07) is 5.53. The van der Waals surface area contributed by atoms with Gasteiger partial charge in [-0.25, -0.2) is 9.59 Å². The molecule has 0 spiro atoms. The molecule has 26 heavy (non-hydrogen) atoms. The molecule has 0 heterocycles. The highest BCUT2D eigenvalue weighted by molar-refractivity contribution is 5.98. The van der Waals surface area contributed by atoms with Gasteiger partial charge in [0.05, 0.1) is 12.2 Å². The van der Waals surface area contributed by atoms with Crippen LogP contribution < -0.4 is 16.0 Å². The summed E-state index contributed by atoms with van der Waals surface area (Å²) in [6.45, 7) is -0.0474. The van der Waals surface area contributed by atoms with Crippen LogP contribution in [-0.4, -0.2) is 50.7 Å². The highest BCUT2D eigenvalue weighted by atomic mass is 16.5. The number of carbonyl (C=O) groups excluding carboxylic acids is 4. The number of urea groups is 1. The van der Waals surface area contributed by atoms with Crippen LogP contribution in [-0.2, 0) is 19.1 Å². The lowest BCUT2D eigenvalue weighted by atomic mass is 10.2. The van der Waals surface area contributed by atoms with Crippen LogP contribution in [0.1, 0.15) is 23.2 Å². The minimum atomic E-state index is -0.758. The molecule has 140 valence electrons. The number of carbonyl (C=O) groups is 4. The van der Waals surface area contributed by atoms with E-state index in [4.69, 9.17) is 9.47 Å². The average molecular weight is 363 g/mol. The van der Waals surface area contributed by atoms with Crippen LogP contribution in [0, 0.1) is 5.92 Å².